The highest BCUT2D eigenvalue weighted by molar-refractivity contribution is 5.96. The van der Waals surface area contributed by atoms with E-state index in [1.54, 1.807) is 18.2 Å². The van der Waals surface area contributed by atoms with Gasteiger partial charge in [0, 0.05) is 26.2 Å². The van der Waals surface area contributed by atoms with E-state index in [1.807, 2.05) is 12.1 Å². The van der Waals surface area contributed by atoms with E-state index in [4.69, 9.17) is 9.47 Å². The summed E-state index contributed by atoms with van der Waals surface area (Å²) in [5.41, 5.74) is 1.33. The van der Waals surface area contributed by atoms with Gasteiger partial charge in [-0.25, -0.2) is 4.39 Å². The van der Waals surface area contributed by atoms with E-state index in [2.05, 4.69) is 15.2 Å². The van der Waals surface area contributed by atoms with Crippen LogP contribution in [0.1, 0.15) is 28.9 Å². The molecule has 0 aliphatic carbocycles. The summed E-state index contributed by atoms with van der Waals surface area (Å²) in [6, 6.07) is 10.4. The van der Waals surface area contributed by atoms with Gasteiger partial charge in [-0.1, -0.05) is 12.1 Å². The number of nitrogens with one attached hydrogen (secondary N) is 1. The molecule has 3 rings (SSSR count). The first-order valence-electron chi connectivity index (χ1n) is 9.63. The van der Waals surface area contributed by atoms with Crippen LogP contribution in [0, 0.1) is 5.82 Å². The van der Waals surface area contributed by atoms with Gasteiger partial charge in [-0.05, 0) is 43.7 Å². The number of carbonyl (C=O) groups excluding carboxylic acids is 1. The van der Waals surface area contributed by atoms with E-state index < -0.39 is 0 Å². The van der Waals surface area contributed by atoms with Crippen LogP contribution in [0.25, 0.3) is 0 Å². The van der Waals surface area contributed by atoms with Gasteiger partial charge in [0.2, 0.25) is 0 Å². The van der Waals surface area contributed by atoms with Gasteiger partial charge in [-0.3, -0.25) is 14.7 Å². The number of amides is 1. The maximum atomic E-state index is 13.1. The van der Waals surface area contributed by atoms with Crippen LogP contribution in [0.15, 0.2) is 42.6 Å². The number of fused-ring (bicyclic) bond motifs is 1. The number of nitrogens with zero attached hydrogens (tertiary/aromatic N) is 2. The summed E-state index contributed by atoms with van der Waals surface area (Å²) in [5.74, 6) is 0.0632. The highest BCUT2D eigenvalue weighted by Gasteiger charge is 2.13. The van der Waals surface area contributed by atoms with E-state index in [-0.39, 0.29) is 11.7 Å². The van der Waals surface area contributed by atoms with E-state index in [9.17, 15) is 9.18 Å². The molecule has 0 bridgehead atoms. The minimum atomic E-state index is -0.337. The Labute approximate surface area is 164 Å². The zero-order chi connectivity index (χ0) is 19.6. The third-order valence-electron chi connectivity index (χ3n) is 4.52. The van der Waals surface area contributed by atoms with Crippen molar-refractivity contribution < 1.29 is 18.7 Å². The molecule has 0 saturated carbocycles. The Kier molecular flexibility index (Phi) is 7.75. The Hall–Kier alpha value is -2.51. The van der Waals surface area contributed by atoms with Crippen molar-refractivity contribution in [2.75, 3.05) is 39.5 Å². The normalized spacial score (nSPS) is 17.5. The van der Waals surface area contributed by atoms with Crippen molar-refractivity contribution in [2.24, 2.45) is 0 Å². The molecule has 1 aliphatic heterocycles. The van der Waals surface area contributed by atoms with Gasteiger partial charge in [0.1, 0.15) is 18.2 Å². The molecule has 0 fully saturated rings. The summed E-state index contributed by atoms with van der Waals surface area (Å²) in [5, 5.41) is 2.86. The van der Waals surface area contributed by atoms with E-state index >= 15 is 0 Å². The summed E-state index contributed by atoms with van der Waals surface area (Å²) in [7, 11) is 0. The molecular weight excluding hydrogens is 361 g/mol. The van der Waals surface area contributed by atoms with Crippen molar-refractivity contribution in [3.05, 3.63) is 59.7 Å². The van der Waals surface area contributed by atoms with Gasteiger partial charge in [0.15, 0.2) is 0 Å². The number of rotatable bonds is 2. The molecule has 7 heteroatoms. The van der Waals surface area contributed by atoms with Crippen LogP contribution in [-0.2, 0) is 11.3 Å². The number of pyridine rings is 1. The van der Waals surface area contributed by atoms with Crippen LogP contribution in [-0.4, -0.2) is 55.2 Å². The maximum Gasteiger partial charge on any atom is 0.255 e. The number of para-hydroxylation sites is 1. The standard InChI is InChI=1S/C21H26FN3O3/c22-17-7-8-18(24-15-17)16-25-10-3-4-12-27-13-9-23-21(26)19-5-1-2-6-20(19)28-14-11-25/h1-2,5-8,15H,3-4,9-14,16H2,(H,23,26). The SMILES string of the molecule is O=C1NCCOCCCCN(Cc2ccc(F)cn2)CCOc2ccccc21. The van der Waals surface area contributed by atoms with Crippen LogP contribution in [0.5, 0.6) is 5.75 Å². The summed E-state index contributed by atoms with van der Waals surface area (Å²) in [6.07, 6.45) is 3.15. The number of hydrogen-bond donors (Lipinski definition) is 1. The number of ether oxygens (including phenoxy) is 2. The lowest BCUT2D eigenvalue weighted by Gasteiger charge is -2.22. The van der Waals surface area contributed by atoms with Crippen LogP contribution in [0.4, 0.5) is 4.39 Å². The Morgan fingerprint density at radius 1 is 1.07 bits per heavy atom. The van der Waals surface area contributed by atoms with Crippen LogP contribution < -0.4 is 10.1 Å². The fourth-order valence-electron chi connectivity index (χ4n) is 3.04. The average Bonchev–Trinajstić information content (AvgIpc) is 2.71. The van der Waals surface area contributed by atoms with Gasteiger partial charge >= 0.3 is 0 Å². The first-order chi connectivity index (χ1) is 13.7. The molecule has 1 aromatic heterocycles. The van der Waals surface area contributed by atoms with Crippen LogP contribution >= 0.6 is 0 Å². The molecule has 0 spiro atoms. The summed E-state index contributed by atoms with van der Waals surface area (Å²) < 4.78 is 24.6. The molecule has 0 atom stereocenters. The lowest BCUT2D eigenvalue weighted by molar-refractivity contribution is 0.0909. The molecule has 0 unspecified atom stereocenters. The third-order valence-corrected chi connectivity index (χ3v) is 4.52. The fourth-order valence-corrected chi connectivity index (χ4v) is 3.04. The molecule has 1 amide bonds. The molecule has 0 radical (unpaired) electrons. The summed E-state index contributed by atoms with van der Waals surface area (Å²) >= 11 is 0. The van der Waals surface area contributed by atoms with E-state index in [0.29, 0.717) is 50.8 Å². The minimum Gasteiger partial charge on any atom is -0.491 e. The van der Waals surface area contributed by atoms with Crippen molar-refractivity contribution in [2.45, 2.75) is 19.4 Å². The Bertz CT molecular complexity index is 755. The number of aromatic nitrogens is 1. The fraction of sp³-hybridized carbons (Fsp3) is 0.429. The highest BCUT2D eigenvalue weighted by atomic mass is 19.1. The maximum absolute atomic E-state index is 13.1. The molecule has 0 saturated heterocycles. The van der Waals surface area contributed by atoms with Crippen LogP contribution in [0.2, 0.25) is 0 Å². The molecule has 6 nitrogen and oxygen atoms in total. The largest absolute Gasteiger partial charge is 0.491 e. The first kappa shape index (κ1) is 20.2. The highest BCUT2D eigenvalue weighted by Crippen LogP contribution is 2.18. The second-order valence-corrected chi connectivity index (χ2v) is 6.66. The monoisotopic (exact) mass is 387 g/mol. The number of benzene rings is 1. The van der Waals surface area contributed by atoms with Gasteiger partial charge in [0.25, 0.3) is 5.91 Å². The second-order valence-electron chi connectivity index (χ2n) is 6.66. The van der Waals surface area contributed by atoms with Gasteiger partial charge < -0.3 is 14.8 Å². The Morgan fingerprint density at radius 3 is 2.82 bits per heavy atom. The van der Waals surface area contributed by atoms with Gasteiger partial charge in [0.05, 0.1) is 24.1 Å². The molecule has 1 aromatic carbocycles. The van der Waals surface area contributed by atoms with Crippen molar-refractivity contribution >= 4 is 5.91 Å². The molecule has 2 heterocycles. The average molecular weight is 387 g/mol. The number of halogens is 1. The minimum absolute atomic E-state index is 0.165. The van der Waals surface area contributed by atoms with Gasteiger partial charge in [-0.2, -0.15) is 0 Å². The van der Waals surface area contributed by atoms with Crippen molar-refractivity contribution in [1.82, 2.24) is 15.2 Å². The Morgan fingerprint density at radius 2 is 1.96 bits per heavy atom. The predicted molar refractivity (Wildman–Crippen MR) is 104 cm³/mol. The topological polar surface area (TPSA) is 63.7 Å². The quantitative estimate of drug-likeness (QED) is 0.858. The molecule has 1 aliphatic rings. The zero-order valence-electron chi connectivity index (χ0n) is 15.9. The van der Waals surface area contributed by atoms with Crippen molar-refractivity contribution in [3.8, 4) is 5.75 Å². The predicted octanol–water partition coefficient (Wildman–Crippen LogP) is 2.64. The zero-order valence-corrected chi connectivity index (χ0v) is 15.9. The lowest BCUT2D eigenvalue weighted by atomic mass is 10.2. The second kappa shape index (κ2) is 10.7. The number of hydrogen-bond acceptors (Lipinski definition) is 5. The van der Waals surface area contributed by atoms with Crippen molar-refractivity contribution in [3.63, 3.8) is 0 Å². The number of carbonyl (C=O) groups is 1. The smallest absolute Gasteiger partial charge is 0.255 e. The summed E-state index contributed by atoms with van der Waals surface area (Å²) in [6.45, 7) is 4.22. The third kappa shape index (κ3) is 6.28. The van der Waals surface area contributed by atoms with E-state index in [0.717, 1.165) is 25.1 Å². The summed E-state index contributed by atoms with van der Waals surface area (Å²) in [4.78, 5) is 18.8. The molecule has 1 N–H and O–H groups in total. The lowest BCUT2D eigenvalue weighted by Crippen LogP contribution is -2.30. The van der Waals surface area contributed by atoms with Crippen LogP contribution in [0.3, 0.4) is 0 Å². The molecule has 2 aromatic rings. The van der Waals surface area contributed by atoms with Gasteiger partial charge in [-0.15, -0.1) is 0 Å². The molecular formula is C21H26FN3O3. The Balaban J connectivity index is 1.67. The molecule has 150 valence electrons. The van der Waals surface area contributed by atoms with E-state index in [1.165, 1.54) is 12.3 Å². The van der Waals surface area contributed by atoms with Crippen molar-refractivity contribution in [1.29, 1.82) is 0 Å². The first-order valence-corrected chi connectivity index (χ1v) is 9.63. The molecule has 28 heavy (non-hydrogen) atoms.